The summed E-state index contributed by atoms with van der Waals surface area (Å²) in [6, 6.07) is 22.6. The Morgan fingerprint density at radius 3 is 2.34 bits per heavy atom. The third-order valence-electron chi connectivity index (χ3n) is 3.97. The van der Waals surface area contributed by atoms with Gasteiger partial charge in [-0.3, -0.25) is 4.79 Å². The number of nitriles is 1. The highest BCUT2D eigenvalue weighted by Gasteiger charge is 2.11. The third kappa shape index (κ3) is 5.15. The van der Waals surface area contributed by atoms with Crippen LogP contribution in [0.4, 0.5) is 5.69 Å². The molecule has 0 radical (unpaired) electrons. The van der Waals surface area contributed by atoms with Gasteiger partial charge in [0.1, 0.15) is 23.1 Å². The minimum atomic E-state index is -0.556. The molecule has 2 N–H and O–H groups in total. The highest BCUT2D eigenvalue weighted by atomic mass is 16.5. The standard InChI is InChI=1S/C23H18N2O4/c1-28-22-12-7-16(14-21(22)26)13-17(15-24)23(27)25-18-8-10-20(11-9-18)29-19-5-3-2-4-6-19/h2-14,26H,1H3,(H,25,27)/b17-13+. The lowest BCUT2D eigenvalue weighted by molar-refractivity contribution is -0.112. The summed E-state index contributed by atoms with van der Waals surface area (Å²) in [6.07, 6.45) is 1.39. The number of para-hydroxylation sites is 1. The van der Waals surface area contributed by atoms with Crippen LogP contribution in [0.15, 0.2) is 78.4 Å². The van der Waals surface area contributed by atoms with Crippen molar-refractivity contribution in [1.82, 2.24) is 0 Å². The normalized spacial score (nSPS) is 10.7. The van der Waals surface area contributed by atoms with Crippen molar-refractivity contribution in [3.05, 3.63) is 83.9 Å². The summed E-state index contributed by atoms with van der Waals surface area (Å²) in [7, 11) is 1.44. The number of aromatic hydroxyl groups is 1. The summed E-state index contributed by atoms with van der Waals surface area (Å²) < 4.78 is 10.7. The highest BCUT2D eigenvalue weighted by Crippen LogP contribution is 2.27. The summed E-state index contributed by atoms with van der Waals surface area (Å²) in [5, 5.41) is 21.8. The van der Waals surface area contributed by atoms with E-state index in [-0.39, 0.29) is 11.3 Å². The number of phenols is 1. The second-order valence-electron chi connectivity index (χ2n) is 5.99. The van der Waals surface area contributed by atoms with Crippen LogP contribution < -0.4 is 14.8 Å². The molecule has 6 heteroatoms. The lowest BCUT2D eigenvalue weighted by Crippen LogP contribution is -2.13. The molecule has 0 aliphatic rings. The SMILES string of the molecule is COc1ccc(/C=C(\C#N)C(=O)Nc2ccc(Oc3ccccc3)cc2)cc1O. The first-order chi connectivity index (χ1) is 14.1. The van der Waals surface area contributed by atoms with E-state index in [2.05, 4.69) is 5.32 Å². The third-order valence-corrected chi connectivity index (χ3v) is 3.97. The van der Waals surface area contributed by atoms with Crippen molar-refractivity contribution < 1.29 is 19.4 Å². The van der Waals surface area contributed by atoms with Crippen molar-refractivity contribution in [3.8, 4) is 29.1 Å². The Balaban J connectivity index is 1.69. The molecular weight excluding hydrogens is 368 g/mol. The maximum absolute atomic E-state index is 12.4. The largest absolute Gasteiger partial charge is 0.504 e. The molecule has 0 unspecified atom stereocenters. The molecule has 3 rings (SSSR count). The molecule has 0 aliphatic heterocycles. The van der Waals surface area contributed by atoms with Crippen LogP contribution in [0.2, 0.25) is 0 Å². The Morgan fingerprint density at radius 2 is 1.72 bits per heavy atom. The van der Waals surface area contributed by atoms with Crippen molar-refractivity contribution in [3.63, 3.8) is 0 Å². The molecule has 0 spiro atoms. The van der Waals surface area contributed by atoms with Crippen LogP contribution in [-0.2, 0) is 4.79 Å². The Kier molecular flexibility index (Phi) is 6.13. The van der Waals surface area contributed by atoms with Crippen molar-refractivity contribution in [2.24, 2.45) is 0 Å². The fraction of sp³-hybridized carbons (Fsp3) is 0.0435. The van der Waals surface area contributed by atoms with E-state index in [1.807, 2.05) is 36.4 Å². The number of carbonyl (C=O) groups is 1. The number of phenolic OH excluding ortho intramolecular Hbond substituents is 1. The zero-order valence-corrected chi connectivity index (χ0v) is 15.6. The first-order valence-electron chi connectivity index (χ1n) is 8.72. The lowest BCUT2D eigenvalue weighted by atomic mass is 10.1. The van der Waals surface area contributed by atoms with Gasteiger partial charge in [0.05, 0.1) is 7.11 Å². The van der Waals surface area contributed by atoms with Gasteiger partial charge in [-0.15, -0.1) is 0 Å². The summed E-state index contributed by atoms with van der Waals surface area (Å²) >= 11 is 0. The van der Waals surface area contributed by atoms with Crippen LogP contribution in [0.25, 0.3) is 6.08 Å². The maximum atomic E-state index is 12.4. The smallest absolute Gasteiger partial charge is 0.266 e. The first-order valence-corrected chi connectivity index (χ1v) is 8.72. The fourth-order valence-electron chi connectivity index (χ4n) is 2.54. The quantitative estimate of drug-likeness (QED) is 0.472. The predicted molar refractivity (Wildman–Crippen MR) is 110 cm³/mol. The number of anilines is 1. The van der Waals surface area contributed by atoms with Crippen LogP contribution in [0.5, 0.6) is 23.0 Å². The number of hydrogen-bond donors (Lipinski definition) is 2. The minimum Gasteiger partial charge on any atom is -0.504 e. The van der Waals surface area contributed by atoms with Gasteiger partial charge >= 0.3 is 0 Å². The zero-order chi connectivity index (χ0) is 20.6. The fourth-order valence-corrected chi connectivity index (χ4v) is 2.54. The molecule has 3 aromatic carbocycles. The number of nitrogens with zero attached hydrogens (tertiary/aromatic N) is 1. The average molecular weight is 386 g/mol. The molecule has 0 atom stereocenters. The predicted octanol–water partition coefficient (Wildman–Crippen LogP) is 4.74. The molecule has 0 saturated heterocycles. The van der Waals surface area contributed by atoms with Crippen LogP contribution >= 0.6 is 0 Å². The number of hydrogen-bond acceptors (Lipinski definition) is 5. The molecule has 144 valence electrons. The second kappa shape index (κ2) is 9.11. The van der Waals surface area contributed by atoms with E-state index in [9.17, 15) is 15.2 Å². The Labute approximate surface area is 168 Å². The summed E-state index contributed by atoms with van der Waals surface area (Å²) in [4.78, 5) is 12.4. The van der Waals surface area contributed by atoms with Crippen molar-refractivity contribution in [1.29, 1.82) is 5.26 Å². The van der Waals surface area contributed by atoms with E-state index in [1.165, 1.54) is 19.3 Å². The van der Waals surface area contributed by atoms with Gasteiger partial charge < -0.3 is 19.9 Å². The number of rotatable bonds is 6. The van der Waals surface area contributed by atoms with Crippen LogP contribution in [0.1, 0.15) is 5.56 Å². The van der Waals surface area contributed by atoms with Crippen molar-refractivity contribution >= 4 is 17.7 Å². The molecule has 0 fully saturated rings. The van der Waals surface area contributed by atoms with Crippen molar-refractivity contribution in [2.45, 2.75) is 0 Å². The molecule has 1 amide bonds. The molecule has 0 aromatic heterocycles. The lowest BCUT2D eigenvalue weighted by Gasteiger charge is -2.08. The van der Waals surface area contributed by atoms with Gasteiger partial charge in [0.15, 0.2) is 11.5 Å². The number of nitrogens with one attached hydrogen (secondary N) is 1. The molecule has 29 heavy (non-hydrogen) atoms. The number of methoxy groups -OCH3 is 1. The van der Waals surface area contributed by atoms with E-state index in [4.69, 9.17) is 9.47 Å². The van der Waals surface area contributed by atoms with E-state index >= 15 is 0 Å². The molecule has 3 aromatic rings. The highest BCUT2D eigenvalue weighted by molar-refractivity contribution is 6.09. The monoisotopic (exact) mass is 386 g/mol. The van der Waals surface area contributed by atoms with Gasteiger partial charge in [0, 0.05) is 5.69 Å². The van der Waals surface area contributed by atoms with Crippen molar-refractivity contribution in [2.75, 3.05) is 12.4 Å². The number of ether oxygens (including phenoxy) is 2. The number of carbonyl (C=O) groups excluding carboxylic acids is 1. The summed E-state index contributed by atoms with van der Waals surface area (Å²) in [5.41, 5.74) is 0.926. The van der Waals surface area contributed by atoms with E-state index in [0.29, 0.717) is 28.5 Å². The second-order valence-corrected chi connectivity index (χ2v) is 5.99. The molecule has 6 nitrogen and oxygen atoms in total. The Hall–Kier alpha value is -4.24. The van der Waals surface area contributed by atoms with E-state index < -0.39 is 5.91 Å². The Morgan fingerprint density at radius 1 is 1.03 bits per heavy atom. The summed E-state index contributed by atoms with van der Waals surface area (Å²) in [5.74, 6) is 1.01. The number of benzene rings is 3. The maximum Gasteiger partial charge on any atom is 0.266 e. The molecule has 0 bridgehead atoms. The van der Waals surface area contributed by atoms with Gasteiger partial charge in [0.2, 0.25) is 0 Å². The van der Waals surface area contributed by atoms with E-state index in [1.54, 1.807) is 36.4 Å². The minimum absolute atomic E-state index is 0.0760. The first kappa shape index (κ1) is 19.5. The van der Waals surface area contributed by atoms with Gasteiger partial charge in [-0.05, 0) is 60.2 Å². The van der Waals surface area contributed by atoms with E-state index in [0.717, 1.165) is 0 Å². The van der Waals surface area contributed by atoms with Gasteiger partial charge in [0.25, 0.3) is 5.91 Å². The van der Waals surface area contributed by atoms with Crippen LogP contribution in [0, 0.1) is 11.3 Å². The summed E-state index contributed by atoms with van der Waals surface area (Å²) in [6.45, 7) is 0. The topological polar surface area (TPSA) is 91.6 Å². The van der Waals surface area contributed by atoms with Crippen LogP contribution in [0.3, 0.4) is 0 Å². The average Bonchev–Trinajstić information content (AvgIpc) is 2.74. The van der Waals surface area contributed by atoms with Gasteiger partial charge in [-0.2, -0.15) is 5.26 Å². The molecular formula is C23H18N2O4. The molecule has 0 aliphatic carbocycles. The molecule has 0 saturated carbocycles. The van der Waals surface area contributed by atoms with Crippen LogP contribution in [-0.4, -0.2) is 18.1 Å². The van der Waals surface area contributed by atoms with Gasteiger partial charge in [-0.1, -0.05) is 24.3 Å². The molecule has 0 heterocycles. The van der Waals surface area contributed by atoms with Gasteiger partial charge in [-0.25, -0.2) is 0 Å². The number of amides is 1. The Bertz CT molecular complexity index is 1070. The zero-order valence-electron chi connectivity index (χ0n) is 15.6.